The summed E-state index contributed by atoms with van der Waals surface area (Å²) in [5.41, 5.74) is -9.60. The smallest absolute Gasteiger partial charge is 0.263 e. The van der Waals surface area contributed by atoms with Crippen LogP contribution in [0.2, 0.25) is 0 Å². The van der Waals surface area contributed by atoms with E-state index in [2.05, 4.69) is 59.3 Å². The van der Waals surface area contributed by atoms with Crippen LogP contribution >= 0.6 is 0 Å². The van der Waals surface area contributed by atoms with Crippen LogP contribution < -0.4 is 95.1 Å². The summed E-state index contributed by atoms with van der Waals surface area (Å²) in [6, 6.07) is 13.1. The Kier molecular flexibility index (Phi) is 27.2. The monoisotopic (exact) mass is 1630 g/mol. The van der Waals surface area contributed by atoms with E-state index >= 15 is 57.5 Å². The van der Waals surface area contributed by atoms with Gasteiger partial charge in [-0.05, 0) is 93.1 Å². The van der Waals surface area contributed by atoms with E-state index in [1.807, 2.05) is 0 Å². The highest BCUT2D eigenvalue weighted by Crippen LogP contribution is 2.37. The first-order valence-corrected chi connectivity index (χ1v) is 42.7. The van der Waals surface area contributed by atoms with Crippen molar-refractivity contribution in [1.29, 1.82) is 0 Å². The molecule has 6 aromatic heterocycles. The molecule has 0 N–H and O–H groups in total. The van der Waals surface area contributed by atoms with Crippen LogP contribution in [-0.4, -0.2) is 67.0 Å². The molecule has 0 radical (unpaired) electrons. The van der Waals surface area contributed by atoms with Gasteiger partial charge >= 0.3 is 0 Å². The molecule has 22 heterocycles. The Morgan fingerprint density at radius 2 is 0.375 bits per heavy atom. The summed E-state index contributed by atoms with van der Waals surface area (Å²) in [6.45, 7) is 10.6. The number of nitrogens with zero attached hydrogens (tertiary/aromatic N) is 6. The predicted molar refractivity (Wildman–Crippen MR) is 470 cm³/mol. The molecule has 24 nitrogen and oxygen atoms in total. The molecule has 16 aliphatic rings. The minimum Gasteiger partial charge on any atom is -0.493 e. The Bertz CT molecular complexity index is 5750. The maximum absolute atomic E-state index is 15.3. The number of aromatic nitrogens is 6. The number of ether oxygens (including phenoxy) is 6. The molecule has 0 amide bonds. The topological polar surface area (TPSA) is 290 Å². The quantitative estimate of drug-likeness (QED) is 0.0260. The van der Waals surface area contributed by atoms with Crippen molar-refractivity contribution in [3.05, 3.63) is 229 Å². The lowest BCUT2D eigenvalue weighted by molar-refractivity contribution is 0.291. The van der Waals surface area contributed by atoms with Gasteiger partial charge in [0.05, 0.1) is 160 Å². The molecule has 0 saturated carbocycles. The van der Waals surface area contributed by atoms with Gasteiger partial charge in [-0.2, -0.15) is 0 Å². The molecule has 0 atom stereocenters. The van der Waals surface area contributed by atoms with E-state index < -0.39 is 106 Å². The summed E-state index contributed by atoms with van der Waals surface area (Å²) in [7, 11) is 0. The van der Waals surface area contributed by atoms with Crippen LogP contribution in [0.3, 0.4) is 0 Å². The van der Waals surface area contributed by atoms with Gasteiger partial charge in [0.2, 0.25) is 0 Å². The van der Waals surface area contributed by atoms with E-state index in [-0.39, 0.29) is 189 Å². The van der Waals surface area contributed by atoms with Gasteiger partial charge in [0.1, 0.15) is 34.5 Å². The van der Waals surface area contributed by atoms with Crippen LogP contribution in [0.4, 0.5) is 0 Å². The molecule has 28 rings (SSSR count). The van der Waals surface area contributed by atoms with Crippen LogP contribution in [0.15, 0.2) is 112 Å². The molecular weight excluding hydrogens is 1530 g/mol. The highest BCUT2D eigenvalue weighted by molar-refractivity contribution is 6.07. The van der Waals surface area contributed by atoms with Crippen molar-refractivity contribution < 1.29 is 28.4 Å². The van der Waals surface area contributed by atoms with Crippen molar-refractivity contribution in [2.45, 2.75) is 235 Å². The van der Waals surface area contributed by atoms with E-state index in [0.717, 1.165) is 143 Å². The largest absolute Gasteiger partial charge is 0.493 e. The number of hydrogen-bond acceptors (Lipinski definition) is 18. The minimum absolute atomic E-state index is 0.162. The SMILES string of the molecule is C#Cc1c2c(=O)n3c(=O)c2cc2c(=O)n(c(=O)c12)Cc1cc(OCCCCCC)c(cc1OCCCCCC)Cn1c(=O)c2cc4c(=O)n(c(=O)c4c(C#C)c2c1=O)Cc1cc(OCCCCCC)c(cc1OCCCCCC)Cn1c(=O)c2cc4c(=O)n(c(=O)c4c(C#C)c2c1=O)Cc1cc(OCCCCCC)c(cc1OCCCCCC)C3. The molecule has 24 bridgehead atoms. The van der Waals surface area contributed by atoms with Crippen LogP contribution in [0.5, 0.6) is 34.5 Å². The van der Waals surface area contributed by atoms with Crippen LogP contribution in [0.25, 0.3) is 64.6 Å². The van der Waals surface area contributed by atoms with E-state index in [1.54, 1.807) is 36.4 Å². The van der Waals surface area contributed by atoms with E-state index in [1.165, 1.54) is 18.2 Å². The number of hydrogen-bond donors (Lipinski definition) is 0. The first-order valence-electron chi connectivity index (χ1n) is 42.7. The molecule has 12 aromatic rings. The Morgan fingerprint density at radius 3 is 0.508 bits per heavy atom. The standard InChI is InChI=1S/C96H102N6O18/c1-10-19-25-31-37-115-73-43-59-53-98-86(104)68-50-70-82(65(17-8)80(68)92(98)110)94(112)100(88(70)106)55-61-46-78(120-42-36-30-24-15-6)63(48-77(61)119-41-35-29-23-14-5)57-102-90(108)72-51-71-83(66(18-9)84(72)96(102)114)95(113)101(89(71)107)56-62-47-75(117-39-33-27-21-12-3)60(45-76(62)118-40-34-28-22-13-4)54-99-87(105)69-49-67-79(64(16-7)81(69)93(99)111)91(109)97(85(67)103)52-58(73)44-74(59)116-38-32-26-20-11-2/h7-9,43-51H,10-15,19-42,52-57H2,1-6H3. The lowest BCUT2D eigenvalue weighted by Gasteiger charge is -2.18. The van der Waals surface area contributed by atoms with Crippen LogP contribution in [-0.2, 0) is 39.3 Å². The Labute approximate surface area is 691 Å². The van der Waals surface area contributed by atoms with Gasteiger partial charge in [-0.25, -0.2) is 0 Å². The maximum Gasteiger partial charge on any atom is 0.263 e. The van der Waals surface area contributed by atoms with Crippen LogP contribution in [0, 0.1) is 37.0 Å². The van der Waals surface area contributed by atoms with Gasteiger partial charge in [0.15, 0.2) is 0 Å². The number of rotatable bonds is 36. The zero-order chi connectivity index (χ0) is 85.2. The zero-order valence-electron chi connectivity index (χ0n) is 69.4. The lowest BCUT2D eigenvalue weighted by atomic mass is 10.0. The third kappa shape index (κ3) is 16.6. The second-order valence-electron chi connectivity index (χ2n) is 31.6. The van der Waals surface area contributed by atoms with Gasteiger partial charge in [-0.15, -0.1) is 19.3 Å². The molecule has 0 unspecified atom stereocenters. The molecule has 0 saturated heterocycles. The van der Waals surface area contributed by atoms with E-state index in [4.69, 9.17) is 47.7 Å². The van der Waals surface area contributed by atoms with Crippen molar-refractivity contribution in [1.82, 2.24) is 27.4 Å². The molecule has 24 heteroatoms. The van der Waals surface area contributed by atoms with Gasteiger partial charge in [-0.1, -0.05) is 175 Å². The first kappa shape index (κ1) is 85.5. The van der Waals surface area contributed by atoms with Crippen molar-refractivity contribution >= 4 is 64.6 Å². The van der Waals surface area contributed by atoms with Gasteiger partial charge < -0.3 is 28.4 Å². The minimum atomic E-state index is -0.879. The maximum atomic E-state index is 15.3. The average molecular weight is 1630 g/mol. The number of terminal acetylenes is 3. The molecule has 0 fully saturated rings. The Morgan fingerprint density at radius 1 is 0.225 bits per heavy atom. The molecule has 0 aliphatic carbocycles. The third-order valence-corrected chi connectivity index (χ3v) is 23.3. The van der Waals surface area contributed by atoms with Crippen molar-refractivity contribution in [2.24, 2.45) is 0 Å². The normalized spacial score (nSPS) is 12.4. The molecule has 0 spiro atoms. The summed E-state index contributed by atoms with van der Waals surface area (Å²) < 4.78 is 45.1. The van der Waals surface area contributed by atoms with Crippen molar-refractivity contribution in [3.63, 3.8) is 0 Å². The Hall–Kier alpha value is -12.4. The van der Waals surface area contributed by atoms with Crippen molar-refractivity contribution in [2.75, 3.05) is 39.6 Å². The van der Waals surface area contributed by atoms with Gasteiger partial charge in [0.25, 0.3) is 66.7 Å². The van der Waals surface area contributed by atoms with E-state index in [0.29, 0.717) is 38.5 Å². The fourth-order valence-electron chi connectivity index (χ4n) is 16.7. The number of unbranched alkanes of at least 4 members (excludes halogenated alkanes) is 18. The van der Waals surface area contributed by atoms with Crippen molar-refractivity contribution in [3.8, 4) is 71.5 Å². The second kappa shape index (κ2) is 38.1. The molecule has 6 aromatic carbocycles. The molecule has 16 aliphatic heterocycles. The molecular formula is C96H102N6O18. The second-order valence-corrected chi connectivity index (χ2v) is 31.6. The highest BCUT2D eigenvalue weighted by atomic mass is 16.5. The lowest BCUT2D eigenvalue weighted by Crippen LogP contribution is -2.28. The summed E-state index contributed by atoms with van der Waals surface area (Å²) in [5, 5.41) is -3.17. The van der Waals surface area contributed by atoms with Gasteiger partial charge in [0, 0.05) is 33.4 Å². The third-order valence-electron chi connectivity index (χ3n) is 23.3. The van der Waals surface area contributed by atoms with Gasteiger partial charge in [-0.3, -0.25) is 84.9 Å². The summed E-state index contributed by atoms with van der Waals surface area (Å²) in [4.78, 5) is 183. The summed E-state index contributed by atoms with van der Waals surface area (Å²) in [6.07, 6.45) is 38.1. The summed E-state index contributed by atoms with van der Waals surface area (Å²) in [5.74, 6) is 8.45. The first-order chi connectivity index (χ1) is 58.2. The fourth-order valence-corrected chi connectivity index (χ4v) is 16.7. The summed E-state index contributed by atoms with van der Waals surface area (Å²) >= 11 is 0. The highest BCUT2D eigenvalue weighted by Gasteiger charge is 2.32. The van der Waals surface area contributed by atoms with Crippen LogP contribution in [0.1, 0.15) is 246 Å². The molecule has 624 valence electrons. The fraction of sp³-hybridized carbons (Fsp3) is 0.438. The average Bonchev–Trinajstić information content (AvgIpc) is 1.57. The molecule has 120 heavy (non-hydrogen) atoms. The van der Waals surface area contributed by atoms with E-state index in [9.17, 15) is 0 Å². The zero-order valence-corrected chi connectivity index (χ0v) is 69.4. The Balaban J connectivity index is 1.05. The number of benzene rings is 6. The predicted octanol–water partition coefficient (Wildman–Crippen LogP) is 12.7.